The van der Waals surface area contributed by atoms with Gasteiger partial charge in [0.1, 0.15) is 0 Å². The molecule has 0 saturated carbocycles. The monoisotopic (exact) mass is 142 g/mol. The Morgan fingerprint density at radius 1 is 1.50 bits per heavy atom. The maximum absolute atomic E-state index is 8.51. The van der Waals surface area contributed by atoms with Crippen molar-refractivity contribution in [3.8, 4) is 0 Å². The molecule has 3 N–H and O–H groups in total. The quantitative estimate of drug-likeness (QED) is 0.447. The minimum atomic E-state index is -3.34. The normalized spacial score (nSPS) is 14.0. The summed E-state index contributed by atoms with van der Waals surface area (Å²) in [6, 6.07) is 0. The Bertz CT molecular complexity index is 58.8. The van der Waals surface area contributed by atoms with Crippen LogP contribution in [0.3, 0.4) is 0 Å². The van der Waals surface area contributed by atoms with Gasteiger partial charge in [0.2, 0.25) is 0 Å². The Morgan fingerprint density at radius 2 is 2.00 bits per heavy atom. The summed E-state index contributed by atoms with van der Waals surface area (Å²) in [5.74, 6) is 0. The molecule has 0 aliphatic rings. The van der Waals surface area contributed by atoms with Gasteiger partial charge >= 0.3 is 47.2 Å². The average molecular weight is 142 g/mol. The second-order valence-corrected chi connectivity index (χ2v) is 3.66. The molecule has 0 spiro atoms. The van der Waals surface area contributed by atoms with Crippen LogP contribution in [0.1, 0.15) is 0 Å². The summed E-state index contributed by atoms with van der Waals surface area (Å²) in [5.41, 5.74) is 0. The van der Waals surface area contributed by atoms with Crippen molar-refractivity contribution in [2.45, 2.75) is 0 Å². The fourth-order valence-corrected chi connectivity index (χ4v) is 0.717. The van der Waals surface area contributed by atoms with Gasteiger partial charge in [0, 0.05) is 0 Å². The van der Waals surface area contributed by atoms with E-state index in [1.54, 1.807) is 0 Å². The Kier molecular flexibility index (Phi) is 3.44. The molecule has 0 aromatic heterocycles. The number of aliphatic hydroxyl groups excluding tert-OH is 1. The van der Waals surface area contributed by atoms with E-state index < -0.39 is 7.94 Å². The molecule has 0 heterocycles. The van der Waals surface area contributed by atoms with Crippen LogP contribution in [0, 0.1) is 0 Å². The molecule has 0 aromatic rings. The first-order chi connectivity index (χ1) is 3.56. The van der Waals surface area contributed by atoms with Gasteiger partial charge < -0.3 is 0 Å². The van der Waals surface area contributed by atoms with Crippen molar-refractivity contribution in [1.82, 2.24) is 0 Å². The van der Waals surface area contributed by atoms with Crippen LogP contribution in [0.15, 0.2) is 0 Å². The zero-order valence-electron chi connectivity index (χ0n) is 4.66. The Labute approximate surface area is 48.3 Å². The Morgan fingerprint density at radius 3 is 2.12 bits per heavy atom. The molecule has 0 aliphatic carbocycles. The van der Waals surface area contributed by atoms with Crippen molar-refractivity contribution in [3.05, 3.63) is 0 Å². The minimum absolute atomic E-state index is 0.00424. The summed E-state index contributed by atoms with van der Waals surface area (Å²) < 4.78 is 4.38. The molecular formula is C3H11O4P. The third-order valence-corrected chi connectivity index (χ3v) is 1.22. The number of hydrogen-bond acceptors (Lipinski definition) is 4. The van der Waals surface area contributed by atoms with Crippen molar-refractivity contribution in [2.75, 3.05) is 19.9 Å². The van der Waals surface area contributed by atoms with Crippen LogP contribution < -0.4 is 0 Å². The van der Waals surface area contributed by atoms with Gasteiger partial charge in [0.05, 0.1) is 0 Å². The summed E-state index contributed by atoms with van der Waals surface area (Å²) in [6.45, 7) is 1.03. The molecule has 0 bridgehead atoms. The van der Waals surface area contributed by atoms with E-state index in [0.717, 1.165) is 0 Å². The van der Waals surface area contributed by atoms with Gasteiger partial charge in [-0.05, 0) is 0 Å². The Hall–Kier alpha value is 0.270. The van der Waals surface area contributed by atoms with Crippen molar-refractivity contribution in [1.29, 1.82) is 0 Å². The molecule has 0 fully saturated rings. The molecule has 52 valence electrons. The van der Waals surface area contributed by atoms with Gasteiger partial charge in [-0.1, -0.05) is 0 Å². The van der Waals surface area contributed by atoms with Crippen molar-refractivity contribution >= 4 is 7.94 Å². The molecule has 0 aromatic carbocycles. The van der Waals surface area contributed by atoms with E-state index in [1.807, 2.05) is 0 Å². The molecule has 0 rings (SSSR count). The van der Waals surface area contributed by atoms with E-state index in [9.17, 15) is 0 Å². The summed E-state index contributed by atoms with van der Waals surface area (Å²) in [5, 5.41) is 8.10. The van der Waals surface area contributed by atoms with Crippen LogP contribution in [0.4, 0.5) is 0 Å². The molecule has 8 heavy (non-hydrogen) atoms. The molecule has 0 saturated heterocycles. The van der Waals surface area contributed by atoms with Crippen LogP contribution in [0.25, 0.3) is 0 Å². The van der Waals surface area contributed by atoms with E-state index in [1.165, 1.54) is 6.66 Å². The first-order valence-electron chi connectivity index (χ1n) is 2.26. The SMILES string of the molecule is C[PH](O)(O)OCCO. The van der Waals surface area contributed by atoms with Crippen molar-refractivity contribution in [2.24, 2.45) is 0 Å². The average Bonchev–Trinajstić information content (AvgIpc) is 1.59. The third kappa shape index (κ3) is 6.27. The second-order valence-electron chi connectivity index (χ2n) is 1.51. The summed E-state index contributed by atoms with van der Waals surface area (Å²) in [4.78, 5) is 17.0. The van der Waals surface area contributed by atoms with Gasteiger partial charge in [-0.3, -0.25) is 0 Å². The molecule has 0 atom stereocenters. The fourth-order valence-electron chi connectivity index (χ4n) is 0.239. The molecule has 0 amide bonds. The van der Waals surface area contributed by atoms with Gasteiger partial charge in [-0.25, -0.2) is 0 Å². The van der Waals surface area contributed by atoms with Crippen molar-refractivity contribution in [3.63, 3.8) is 0 Å². The topological polar surface area (TPSA) is 69.9 Å². The zero-order chi connectivity index (χ0) is 6.62. The van der Waals surface area contributed by atoms with Gasteiger partial charge in [0.25, 0.3) is 0 Å². The van der Waals surface area contributed by atoms with Crippen LogP contribution in [0.2, 0.25) is 0 Å². The third-order valence-electron chi connectivity index (χ3n) is 0.467. The van der Waals surface area contributed by atoms with Crippen LogP contribution in [0.5, 0.6) is 0 Å². The molecule has 4 nitrogen and oxygen atoms in total. The van der Waals surface area contributed by atoms with E-state index in [2.05, 4.69) is 4.52 Å². The van der Waals surface area contributed by atoms with E-state index in [0.29, 0.717) is 0 Å². The van der Waals surface area contributed by atoms with Gasteiger partial charge in [-0.2, -0.15) is 0 Å². The number of hydrogen-bond donors (Lipinski definition) is 3. The van der Waals surface area contributed by atoms with E-state index in [4.69, 9.17) is 14.9 Å². The second kappa shape index (κ2) is 3.33. The van der Waals surface area contributed by atoms with E-state index in [-0.39, 0.29) is 13.2 Å². The summed E-state index contributed by atoms with van der Waals surface area (Å²) >= 11 is 0. The van der Waals surface area contributed by atoms with Crippen LogP contribution in [-0.2, 0) is 4.52 Å². The standard InChI is InChI=1S/C3H11O4P/c1-8(5,6)7-3-2-4/h4-6,8H,2-3H2,1H3. The molecular weight excluding hydrogens is 131 g/mol. The van der Waals surface area contributed by atoms with Gasteiger partial charge in [-0.15, -0.1) is 0 Å². The number of aliphatic hydroxyl groups is 1. The molecule has 0 aliphatic heterocycles. The molecule has 0 unspecified atom stereocenters. The van der Waals surface area contributed by atoms with Gasteiger partial charge in [0.15, 0.2) is 0 Å². The zero-order valence-corrected chi connectivity index (χ0v) is 5.66. The molecule has 5 heteroatoms. The van der Waals surface area contributed by atoms with Crippen LogP contribution in [-0.4, -0.2) is 34.8 Å². The van der Waals surface area contributed by atoms with Crippen LogP contribution >= 0.6 is 7.94 Å². The first-order valence-corrected chi connectivity index (χ1v) is 4.56. The number of rotatable bonds is 3. The summed E-state index contributed by atoms with van der Waals surface area (Å²) in [7, 11) is -3.34. The first kappa shape index (κ1) is 8.27. The maximum atomic E-state index is 8.51. The summed E-state index contributed by atoms with van der Waals surface area (Å²) in [6.07, 6.45) is 0. The predicted octanol–water partition coefficient (Wildman–Crippen LogP) is -0.895. The molecule has 0 radical (unpaired) electrons. The van der Waals surface area contributed by atoms with E-state index >= 15 is 0 Å². The predicted molar refractivity (Wildman–Crippen MR) is 31.7 cm³/mol. The Balaban J connectivity index is 3.11. The van der Waals surface area contributed by atoms with Crippen molar-refractivity contribution < 1.29 is 19.4 Å². The fraction of sp³-hybridized carbons (Fsp3) is 1.00.